The topological polar surface area (TPSA) is 63.8 Å². The summed E-state index contributed by atoms with van der Waals surface area (Å²) in [4.78, 5) is 12.4. The number of hydrogen-bond donors (Lipinski definition) is 1. The maximum atomic E-state index is 5.43. The first-order valence-electron chi connectivity index (χ1n) is 5.13. The summed E-state index contributed by atoms with van der Waals surface area (Å²) in [6.45, 7) is 5.70. The van der Waals surface area contributed by atoms with E-state index >= 15 is 0 Å². The zero-order valence-electron chi connectivity index (χ0n) is 9.56. The lowest BCUT2D eigenvalue weighted by Gasteiger charge is -2.10. The molecular weight excluding hydrogens is 204 g/mol. The minimum absolute atomic E-state index is 0.0111. The van der Waals surface area contributed by atoms with Crippen molar-refractivity contribution in [1.82, 2.24) is 15.0 Å². The van der Waals surface area contributed by atoms with E-state index in [1.165, 1.54) is 0 Å². The predicted molar refractivity (Wildman–Crippen MR) is 60.0 cm³/mol. The van der Waals surface area contributed by atoms with Gasteiger partial charge in [0.15, 0.2) is 0 Å². The zero-order valence-corrected chi connectivity index (χ0v) is 9.56. The van der Waals surface area contributed by atoms with Crippen LogP contribution in [0.25, 0.3) is 0 Å². The second-order valence-corrected chi connectivity index (χ2v) is 3.66. The predicted octanol–water partition coefficient (Wildman–Crippen LogP) is 2.25. The zero-order chi connectivity index (χ0) is 11.5. The first-order valence-corrected chi connectivity index (χ1v) is 5.13. The summed E-state index contributed by atoms with van der Waals surface area (Å²) < 4.78 is 5.43. The fourth-order valence-corrected chi connectivity index (χ4v) is 1.39. The van der Waals surface area contributed by atoms with Gasteiger partial charge in [-0.05, 0) is 26.8 Å². The van der Waals surface area contributed by atoms with Gasteiger partial charge in [0.1, 0.15) is 23.4 Å². The van der Waals surface area contributed by atoms with Crippen LogP contribution >= 0.6 is 0 Å². The summed E-state index contributed by atoms with van der Waals surface area (Å²) >= 11 is 0. The Bertz CT molecular complexity index is 480. The van der Waals surface area contributed by atoms with Crippen molar-refractivity contribution in [2.24, 2.45) is 0 Å². The standard InChI is InChI=1S/C11H14N4O/c1-7-6-13-11(16-7)8(2)14-10-4-5-12-9(3)15-10/h4-6,8H,1-3H3,(H,12,14,15). The van der Waals surface area contributed by atoms with Crippen LogP contribution in [0.15, 0.2) is 22.9 Å². The van der Waals surface area contributed by atoms with E-state index in [0.717, 1.165) is 17.4 Å². The number of oxazole rings is 1. The highest BCUT2D eigenvalue weighted by Crippen LogP contribution is 2.16. The van der Waals surface area contributed by atoms with Crippen LogP contribution in [0.2, 0.25) is 0 Å². The number of nitrogens with one attached hydrogen (secondary N) is 1. The number of nitrogens with zero attached hydrogens (tertiary/aromatic N) is 3. The van der Waals surface area contributed by atoms with Gasteiger partial charge in [-0.25, -0.2) is 15.0 Å². The number of aryl methyl sites for hydroxylation is 2. The molecule has 0 saturated carbocycles. The second-order valence-electron chi connectivity index (χ2n) is 3.66. The highest BCUT2D eigenvalue weighted by atomic mass is 16.4. The Kier molecular flexibility index (Phi) is 2.85. The molecule has 0 aliphatic carbocycles. The van der Waals surface area contributed by atoms with Crippen LogP contribution in [-0.2, 0) is 0 Å². The van der Waals surface area contributed by atoms with Gasteiger partial charge in [-0.1, -0.05) is 0 Å². The highest BCUT2D eigenvalue weighted by Gasteiger charge is 2.11. The van der Waals surface area contributed by atoms with Gasteiger partial charge in [0.05, 0.1) is 6.20 Å². The summed E-state index contributed by atoms with van der Waals surface area (Å²) in [5, 5.41) is 3.20. The Hall–Kier alpha value is -1.91. The van der Waals surface area contributed by atoms with E-state index < -0.39 is 0 Å². The Balaban J connectivity index is 2.10. The third kappa shape index (κ3) is 2.36. The maximum Gasteiger partial charge on any atom is 0.216 e. The van der Waals surface area contributed by atoms with Gasteiger partial charge in [-0.2, -0.15) is 0 Å². The van der Waals surface area contributed by atoms with Crippen molar-refractivity contribution in [1.29, 1.82) is 0 Å². The normalized spacial score (nSPS) is 12.4. The number of anilines is 1. The van der Waals surface area contributed by atoms with Crippen LogP contribution in [0.5, 0.6) is 0 Å². The molecule has 2 heterocycles. The van der Waals surface area contributed by atoms with E-state index in [9.17, 15) is 0 Å². The molecule has 1 unspecified atom stereocenters. The van der Waals surface area contributed by atoms with Crippen molar-refractivity contribution in [3.63, 3.8) is 0 Å². The molecule has 1 atom stereocenters. The van der Waals surface area contributed by atoms with E-state index in [-0.39, 0.29) is 6.04 Å². The van der Waals surface area contributed by atoms with Crippen molar-refractivity contribution in [3.05, 3.63) is 35.9 Å². The second kappa shape index (κ2) is 4.30. The van der Waals surface area contributed by atoms with Gasteiger partial charge >= 0.3 is 0 Å². The third-order valence-electron chi connectivity index (χ3n) is 2.15. The third-order valence-corrected chi connectivity index (χ3v) is 2.15. The molecule has 2 aromatic heterocycles. The SMILES string of the molecule is Cc1nccc(NC(C)c2ncc(C)o2)n1. The van der Waals surface area contributed by atoms with Crippen molar-refractivity contribution in [3.8, 4) is 0 Å². The average molecular weight is 218 g/mol. The van der Waals surface area contributed by atoms with Crippen molar-refractivity contribution in [2.45, 2.75) is 26.8 Å². The monoisotopic (exact) mass is 218 g/mol. The number of hydrogen-bond acceptors (Lipinski definition) is 5. The van der Waals surface area contributed by atoms with Gasteiger partial charge in [-0.3, -0.25) is 0 Å². The minimum atomic E-state index is -0.0111. The molecule has 2 rings (SSSR count). The Morgan fingerprint density at radius 3 is 2.75 bits per heavy atom. The largest absolute Gasteiger partial charge is 0.444 e. The summed E-state index contributed by atoms with van der Waals surface area (Å²) in [6, 6.07) is 1.81. The van der Waals surface area contributed by atoms with Gasteiger partial charge in [-0.15, -0.1) is 0 Å². The van der Waals surface area contributed by atoms with Crippen LogP contribution in [0.3, 0.4) is 0 Å². The molecular formula is C11H14N4O. The molecule has 0 saturated heterocycles. The lowest BCUT2D eigenvalue weighted by molar-refractivity contribution is 0.453. The van der Waals surface area contributed by atoms with Gasteiger partial charge in [0, 0.05) is 6.20 Å². The molecule has 0 amide bonds. The molecule has 0 aliphatic rings. The van der Waals surface area contributed by atoms with E-state index in [1.807, 2.05) is 26.8 Å². The Morgan fingerprint density at radius 2 is 2.12 bits per heavy atom. The quantitative estimate of drug-likeness (QED) is 0.856. The van der Waals surface area contributed by atoms with Gasteiger partial charge in [0.2, 0.25) is 5.89 Å². The molecule has 16 heavy (non-hydrogen) atoms. The molecule has 0 aliphatic heterocycles. The summed E-state index contributed by atoms with van der Waals surface area (Å²) in [6.07, 6.45) is 3.43. The maximum absolute atomic E-state index is 5.43. The lowest BCUT2D eigenvalue weighted by Crippen LogP contribution is -2.08. The smallest absolute Gasteiger partial charge is 0.216 e. The Labute approximate surface area is 94.0 Å². The average Bonchev–Trinajstić information content (AvgIpc) is 2.65. The van der Waals surface area contributed by atoms with Crippen LogP contribution in [0, 0.1) is 13.8 Å². The first kappa shape index (κ1) is 10.6. The molecule has 0 spiro atoms. The van der Waals surface area contributed by atoms with Crippen LogP contribution in [0.1, 0.15) is 30.4 Å². The van der Waals surface area contributed by atoms with E-state index in [4.69, 9.17) is 4.42 Å². The van der Waals surface area contributed by atoms with Gasteiger partial charge < -0.3 is 9.73 Å². The van der Waals surface area contributed by atoms with E-state index in [0.29, 0.717) is 5.89 Å². The summed E-state index contributed by atoms with van der Waals surface area (Å²) in [7, 11) is 0. The van der Waals surface area contributed by atoms with E-state index in [1.54, 1.807) is 12.4 Å². The fraction of sp³-hybridized carbons (Fsp3) is 0.364. The fourth-order valence-electron chi connectivity index (χ4n) is 1.39. The summed E-state index contributed by atoms with van der Waals surface area (Å²) in [5.41, 5.74) is 0. The lowest BCUT2D eigenvalue weighted by atomic mass is 10.3. The highest BCUT2D eigenvalue weighted by molar-refractivity contribution is 5.34. The molecule has 5 nitrogen and oxygen atoms in total. The molecule has 0 aromatic carbocycles. The van der Waals surface area contributed by atoms with Crippen molar-refractivity contribution in [2.75, 3.05) is 5.32 Å². The molecule has 84 valence electrons. The first-order chi connectivity index (χ1) is 7.65. The minimum Gasteiger partial charge on any atom is -0.444 e. The molecule has 0 radical (unpaired) electrons. The van der Waals surface area contributed by atoms with Crippen molar-refractivity contribution < 1.29 is 4.42 Å². The van der Waals surface area contributed by atoms with Crippen LogP contribution in [0.4, 0.5) is 5.82 Å². The number of rotatable bonds is 3. The molecule has 5 heteroatoms. The molecule has 2 aromatic rings. The Morgan fingerprint density at radius 1 is 1.31 bits per heavy atom. The molecule has 0 fully saturated rings. The summed E-state index contributed by atoms with van der Waals surface area (Å²) in [5.74, 6) is 2.98. The number of aromatic nitrogens is 3. The van der Waals surface area contributed by atoms with Gasteiger partial charge in [0.25, 0.3) is 0 Å². The van der Waals surface area contributed by atoms with Crippen molar-refractivity contribution >= 4 is 5.82 Å². The molecule has 1 N–H and O–H groups in total. The van der Waals surface area contributed by atoms with E-state index in [2.05, 4.69) is 20.3 Å². The van der Waals surface area contributed by atoms with Crippen LogP contribution in [-0.4, -0.2) is 15.0 Å². The molecule has 0 bridgehead atoms. The van der Waals surface area contributed by atoms with Crippen LogP contribution < -0.4 is 5.32 Å².